The van der Waals surface area contributed by atoms with Gasteiger partial charge in [0.05, 0.1) is 0 Å². The van der Waals surface area contributed by atoms with E-state index >= 15 is 0 Å². The lowest BCUT2D eigenvalue weighted by atomic mass is 10.3. The van der Waals surface area contributed by atoms with E-state index < -0.39 is 20.0 Å². The molecule has 3 aromatic rings. The molecule has 3 rings (SSSR count). The Balaban J connectivity index is 1.93. The molecule has 0 atom stereocenters. The maximum atomic E-state index is 13.5. The van der Waals surface area contributed by atoms with Gasteiger partial charge in [0.2, 0.25) is 0 Å². The van der Waals surface area contributed by atoms with Gasteiger partial charge >= 0.3 is 13.7 Å². The summed E-state index contributed by atoms with van der Waals surface area (Å²) in [5, 5.41) is 9.65. The molecule has 1 amide bonds. The van der Waals surface area contributed by atoms with E-state index in [1.165, 1.54) is 12.1 Å². The van der Waals surface area contributed by atoms with Crippen molar-refractivity contribution in [3.63, 3.8) is 0 Å². The average molecular weight is 398 g/mol. The van der Waals surface area contributed by atoms with Crippen molar-refractivity contribution in [3.8, 4) is 11.5 Å². The quantitative estimate of drug-likeness (QED) is 0.426. The van der Waals surface area contributed by atoms with E-state index in [-0.39, 0.29) is 0 Å². The molecule has 0 radical (unpaired) electrons. The van der Waals surface area contributed by atoms with E-state index in [9.17, 15) is 14.5 Å². The van der Waals surface area contributed by atoms with E-state index in [4.69, 9.17) is 14.8 Å². The predicted octanol–water partition coefficient (Wildman–Crippen LogP) is 5.06. The molecule has 0 spiro atoms. The van der Waals surface area contributed by atoms with E-state index in [1.54, 1.807) is 72.8 Å². The molecule has 7 nitrogen and oxygen atoms in total. The first-order chi connectivity index (χ1) is 13.5. The normalized spacial score (nSPS) is 10.9. The van der Waals surface area contributed by atoms with Crippen LogP contribution in [-0.4, -0.2) is 17.5 Å². The largest absolute Gasteiger partial charge is 0.465 e. The maximum absolute atomic E-state index is 13.5. The van der Waals surface area contributed by atoms with Gasteiger partial charge in [-0.15, -0.1) is 0 Å². The smallest absolute Gasteiger partial charge is 0.450 e. The third-order valence-corrected chi connectivity index (χ3v) is 5.33. The molecular formula is C20H19N2O5P. The van der Waals surface area contributed by atoms with Crippen LogP contribution in [0.5, 0.6) is 11.5 Å². The number of hydrogen-bond acceptors (Lipinski definition) is 5. The first kappa shape index (κ1) is 19.3. The molecule has 0 heterocycles. The molecule has 8 heteroatoms. The van der Waals surface area contributed by atoms with Crippen LogP contribution in [0, 0.1) is 0 Å². The van der Waals surface area contributed by atoms with Gasteiger partial charge in [0, 0.05) is 11.4 Å². The number of carboxylic acid groups (broad SMARTS) is 1. The zero-order chi connectivity index (χ0) is 20.0. The highest BCUT2D eigenvalue weighted by Gasteiger charge is 2.34. The standard InChI is InChI=1S/C20H19N2O5P/c21-16-11-13-17(14-12-16)22(20(23)24)15-28(25,26-18-7-3-1-4-8-18)27-19-9-5-2-6-10-19/h1-14H,15,21H2,(H,23,24). The zero-order valence-electron chi connectivity index (χ0n) is 14.8. The van der Waals surface area contributed by atoms with Crippen molar-refractivity contribution in [1.82, 2.24) is 0 Å². The van der Waals surface area contributed by atoms with Gasteiger partial charge in [0.15, 0.2) is 6.29 Å². The fraction of sp³-hybridized carbons (Fsp3) is 0.0500. The van der Waals surface area contributed by atoms with Crippen molar-refractivity contribution < 1.29 is 23.5 Å². The summed E-state index contributed by atoms with van der Waals surface area (Å²) in [5.41, 5.74) is 6.45. The molecular weight excluding hydrogens is 379 g/mol. The molecule has 144 valence electrons. The third-order valence-electron chi connectivity index (χ3n) is 3.73. The molecule has 28 heavy (non-hydrogen) atoms. The summed E-state index contributed by atoms with van der Waals surface area (Å²) < 4.78 is 24.8. The first-order valence-electron chi connectivity index (χ1n) is 8.39. The van der Waals surface area contributed by atoms with Crippen molar-refractivity contribution in [2.45, 2.75) is 0 Å². The van der Waals surface area contributed by atoms with Crippen molar-refractivity contribution in [3.05, 3.63) is 84.9 Å². The van der Waals surface area contributed by atoms with Crippen LogP contribution >= 0.6 is 7.60 Å². The Morgan fingerprint density at radius 1 is 0.857 bits per heavy atom. The number of nitrogen functional groups attached to an aromatic ring is 1. The van der Waals surface area contributed by atoms with E-state index in [0.717, 1.165) is 4.90 Å². The molecule has 0 aromatic heterocycles. The van der Waals surface area contributed by atoms with Crippen LogP contribution in [-0.2, 0) is 4.57 Å². The van der Waals surface area contributed by atoms with Crippen LogP contribution in [0.4, 0.5) is 16.2 Å². The van der Waals surface area contributed by atoms with Crippen LogP contribution in [0.25, 0.3) is 0 Å². The number of nitrogens with two attached hydrogens (primary N) is 1. The fourth-order valence-electron chi connectivity index (χ4n) is 2.44. The van der Waals surface area contributed by atoms with Gasteiger partial charge in [0.1, 0.15) is 11.5 Å². The lowest BCUT2D eigenvalue weighted by molar-refractivity contribution is 0.202. The van der Waals surface area contributed by atoms with E-state index in [2.05, 4.69) is 0 Å². The molecule has 0 fully saturated rings. The lowest BCUT2D eigenvalue weighted by Gasteiger charge is -2.26. The van der Waals surface area contributed by atoms with Crippen molar-refractivity contribution >= 4 is 25.1 Å². The van der Waals surface area contributed by atoms with Crippen molar-refractivity contribution in [2.75, 3.05) is 16.9 Å². The molecule has 0 aliphatic rings. The number of para-hydroxylation sites is 2. The fourth-order valence-corrected chi connectivity index (χ4v) is 4.11. The Labute approximate surface area is 162 Å². The minimum Gasteiger partial charge on any atom is -0.465 e. The average Bonchev–Trinajstić information content (AvgIpc) is 2.68. The third kappa shape index (κ3) is 5.05. The molecule has 0 aliphatic carbocycles. The summed E-state index contributed by atoms with van der Waals surface area (Å²) in [4.78, 5) is 12.7. The molecule has 0 unspecified atom stereocenters. The number of benzene rings is 3. The van der Waals surface area contributed by atoms with Gasteiger partial charge in [0.25, 0.3) is 0 Å². The second kappa shape index (κ2) is 8.50. The zero-order valence-corrected chi connectivity index (χ0v) is 15.7. The van der Waals surface area contributed by atoms with Crippen LogP contribution < -0.4 is 19.7 Å². The van der Waals surface area contributed by atoms with E-state index in [1.807, 2.05) is 0 Å². The Morgan fingerprint density at radius 3 is 1.75 bits per heavy atom. The minimum atomic E-state index is -3.94. The summed E-state index contributed by atoms with van der Waals surface area (Å²) in [5.74, 6) is 0.619. The lowest BCUT2D eigenvalue weighted by Crippen LogP contribution is -2.32. The molecule has 0 saturated carbocycles. The highest BCUT2D eigenvalue weighted by atomic mass is 31.2. The first-order valence-corrected chi connectivity index (χ1v) is 10.1. The number of rotatable bonds is 7. The molecule has 0 saturated heterocycles. The van der Waals surface area contributed by atoms with Crippen LogP contribution in [0.3, 0.4) is 0 Å². The topological polar surface area (TPSA) is 102 Å². The number of nitrogens with zero attached hydrogens (tertiary/aromatic N) is 1. The summed E-state index contributed by atoms with van der Waals surface area (Å²) >= 11 is 0. The van der Waals surface area contributed by atoms with Gasteiger partial charge in [-0.1, -0.05) is 36.4 Å². The Morgan fingerprint density at radius 2 is 1.32 bits per heavy atom. The summed E-state index contributed by atoms with van der Waals surface area (Å²) in [7, 11) is -3.94. The van der Waals surface area contributed by atoms with Crippen molar-refractivity contribution in [2.24, 2.45) is 0 Å². The Bertz CT molecular complexity index is 919. The SMILES string of the molecule is Nc1ccc(N(CP(=O)(Oc2ccccc2)Oc2ccccc2)C(=O)O)cc1. The van der Waals surface area contributed by atoms with E-state index in [0.29, 0.717) is 22.9 Å². The number of carbonyl (C=O) groups is 1. The second-order valence-corrected chi connectivity index (χ2v) is 7.73. The highest BCUT2D eigenvalue weighted by molar-refractivity contribution is 7.54. The van der Waals surface area contributed by atoms with Crippen LogP contribution in [0.1, 0.15) is 0 Å². The van der Waals surface area contributed by atoms with Gasteiger partial charge in [-0.25, -0.2) is 9.36 Å². The van der Waals surface area contributed by atoms with Gasteiger partial charge < -0.3 is 19.9 Å². The Kier molecular flexibility index (Phi) is 5.87. The van der Waals surface area contributed by atoms with Crippen LogP contribution in [0.15, 0.2) is 84.9 Å². The summed E-state index contributed by atoms with van der Waals surface area (Å²) in [6.45, 7) is 0. The Hall–Kier alpha value is -3.44. The molecule has 0 bridgehead atoms. The minimum absolute atomic E-state index is 0.301. The molecule has 0 aliphatic heterocycles. The van der Waals surface area contributed by atoms with Gasteiger partial charge in [-0.2, -0.15) is 0 Å². The van der Waals surface area contributed by atoms with Gasteiger partial charge in [-0.3, -0.25) is 4.90 Å². The number of amides is 1. The summed E-state index contributed by atoms with van der Waals surface area (Å²) in [6, 6.07) is 23.1. The highest BCUT2D eigenvalue weighted by Crippen LogP contribution is 2.49. The molecule has 3 aromatic carbocycles. The number of hydrogen-bond donors (Lipinski definition) is 2. The van der Waals surface area contributed by atoms with Crippen molar-refractivity contribution in [1.29, 1.82) is 0 Å². The summed E-state index contributed by atoms with van der Waals surface area (Å²) in [6.07, 6.45) is -1.80. The van der Waals surface area contributed by atoms with Gasteiger partial charge in [-0.05, 0) is 48.5 Å². The number of anilines is 2. The predicted molar refractivity (Wildman–Crippen MR) is 108 cm³/mol. The van der Waals surface area contributed by atoms with Crippen LogP contribution in [0.2, 0.25) is 0 Å². The second-order valence-electron chi connectivity index (χ2n) is 5.86. The molecule has 3 N–H and O–H groups in total. The monoisotopic (exact) mass is 398 g/mol. The maximum Gasteiger partial charge on any atom is 0.450 e.